The topological polar surface area (TPSA) is 24.7 Å². The number of benzene rings is 2. The second kappa shape index (κ2) is 4.16. The molecule has 0 aromatic heterocycles. The lowest BCUT2D eigenvalue weighted by atomic mass is 10.0. The summed E-state index contributed by atoms with van der Waals surface area (Å²) in [5.74, 6) is 0. The Balaban J connectivity index is 1.54. The van der Waals surface area contributed by atoms with Crippen molar-refractivity contribution in [1.29, 1.82) is 0 Å². The molecule has 2 nitrogen and oxygen atoms in total. The highest BCUT2D eigenvalue weighted by atomic mass is 14.8. The van der Waals surface area contributed by atoms with E-state index in [1.54, 1.807) is 0 Å². The van der Waals surface area contributed by atoms with Gasteiger partial charge < -0.3 is 0 Å². The Morgan fingerprint density at radius 1 is 0.684 bits per heavy atom. The molecule has 2 aromatic rings. The SMILES string of the molecule is c1ccc2c(c1)CC(CC1=Nc3ccccc3C1)=N2. The van der Waals surface area contributed by atoms with E-state index in [2.05, 4.69) is 36.4 Å². The molecule has 2 heterocycles. The van der Waals surface area contributed by atoms with Crippen LogP contribution in [0.4, 0.5) is 11.4 Å². The van der Waals surface area contributed by atoms with Crippen LogP contribution in [0.25, 0.3) is 0 Å². The van der Waals surface area contributed by atoms with E-state index in [-0.39, 0.29) is 0 Å². The Kier molecular flexibility index (Phi) is 2.34. The largest absolute Gasteiger partial charge is 0.257 e. The Labute approximate surface area is 112 Å². The normalized spacial score (nSPS) is 15.8. The maximum absolute atomic E-state index is 4.71. The van der Waals surface area contributed by atoms with Crippen LogP contribution in [0, 0.1) is 0 Å². The van der Waals surface area contributed by atoms with Crippen LogP contribution in [0.1, 0.15) is 17.5 Å². The molecule has 0 bridgehead atoms. The molecule has 0 atom stereocenters. The zero-order valence-corrected chi connectivity index (χ0v) is 10.6. The Morgan fingerprint density at radius 3 is 1.63 bits per heavy atom. The van der Waals surface area contributed by atoms with Gasteiger partial charge in [0.25, 0.3) is 0 Å². The molecule has 0 radical (unpaired) electrons. The Bertz CT molecular complexity index is 649. The molecule has 0 aliphatic carbocycles. The monoisotopic (exact) mass is 246 g/mol. The van der Waals surface area contributed by atoms with Crippen LogP contribution in [-0.4, -0.2) is 11.4 Å². The van der Waals surface area contributed by atoms with Crippen LogP contribution in [0.15, 0.2) is 58.5 Å². The quantitative estimate of drug-likeness (QED) is 0.764. The molecule has 2 aliphatic rings. The number of fused-ring (bicyclic) bond motifs is 2. The molecular formula is C17H14N2. The van der Waals surface area contributed by atoms with Crippen molar-refractivity contribution in [3.8, 4) is 0 Å². The van der Waals surface area contributed by atoms with Crippen molar-refractivity contribution < 1.29 is 0 Å². The van der Waals surface area contributed by atoms with Crippen molar-refractivity contribution >= 4 is 22.8 Å². The van der Waals surface area contributed by atoms with Crippen molar-refractivity contribution in [3.05, 3.63) is 59.7 Å². The summed E-state index contributed by atoms with van der Waals surface area (Å²) in [4.78, 5) is 9.43. The molecule has 19 heavy (non-hydrogen) atoms. The highest BCUT2D eigenvalue weighted by Gasteiger charge is 2.19. The molecule has 0 spiro atoms. The van der Waals surface area contributed by atoms with E-state index in [1.165, 1.54) is 22.6 Å². The lowest BCUT2D eigenvalue weighted by Crippen LogP contribution is -2.07. The molecule has 2 aliphatic heterocycles. The smallest absolute Gasteiger partial charge is 0.0665 e. The van der Waals surface area contributed by atoms with E-state index in [0.29, 0.717) is 0 Å². The molecule has 0 unspecified atom stereocenters. The minimum Gasteiger partial charge on any atom is -0.257 e. The van der Waals surface area contributed by atoms with Gasteiger partial charge in [-0.3, -0.25) is 9.98 Å². The van der Waals surface area contributed by atoms with Gasteiger partial charge in [0.2, 0.25) is 0 Å². The molecule has 0 N–H and O–H groups in total. The molecule has 2 heteroatoms. The molecule has 2 aromatic carbocycles. The lowest BCUT2D eigenvalue weighted by molar-refractivity contribution is 1.30. The second-order valence-electron chi connectivity index (χ2n) is 5.14. The minimum absolute atomic E-state index is 0.906. The van der Waals surface area contributed by atoms with Gasteiger partial charge in [0, 0.05) is 30.7 Å². The summed E-state index contributed by atoms with van der Waals surface area (Å²) >= 11 is 0. The maximum atomic E-state index is 4.71. The number of rotatable bonds is 2. The first-order valence-corrected chi connectivity index (χ1v) is 6.67. The van der Waals surface area contributed by atoms with Crippen LogP contribution in [0.3, 0.4) is 0 Å². The molecule has 0 saturated carbocycles. The van der Waals surface area contributed by atoms with E-state index < -0.39 is 0 Å². The predicted molar refractivity (Wildman–Crippen MR) is 79.1 cm³/mol. The second-order valence-corrected chi connectivity index (χ2v) is 5.14. The first kappa shape index (κ1) is 10.7. The first-order valence-electron chi connectivity index (χ1n) is 6.67. The lowest BCUT2D eigenvalue weighted by Gasteiger charge is -1.99. The summed E-state index contributed by atoms with van der Waals surface area (Å²) in [5.41, 5.74) is 7.44. The third-order valence-electron chi connectivity index (χ3n) is 3.74. The highest BCUT2D eigenvalue weighted by Crippen LogP contribution is 2.30. The summed E-state index contributed by atoms with van der Waals surface area (Å²) in [7, 11) is 0. The van der Waals surface area contributed by atoms with Gasteiger partial charge in [-0.15, -0.1) is 0 Å². The van der Waals surface area contributed by atoms with Gasteiger partial charge in [-0.05, 0) is 23.3 Å². The van der Waals surface area contributed by atoms with Gasteiger partial charge in [-0.25, -0.2) is 0 Å². The summed E-state index contributed by atoms with van der Waals surface area (Å²) in [5, 5.41) is 0. The Morgan fingerprint density at radius 2 is 1.16 bits per heavy atom. The fourth-order valence-corrected chi connectivity index (χ4v) is 2.84. The van der Waals surface area contributed by atoms with E-state index in [1.807, 2.05) is 12.1 Å². The Hall–Kier alpha value is -2.22. The van der Waals surface area contributed by atoms with Crippen molar-refractivity contribution in [2.45, 2.75) is 19.3 Å². The van der Waals surface area contributed by atoms with Crippen molar-refractivity contribution in [2.75, 3.05) is 0 Å². The van der Waals surface area contributed by atoms with Gasteiger partial charge in [0.15, 0.2) is 0 Å². The van der Waals surface area contributed by atoms with Gasteiger partial charge in [-0.2, -0.15) is 0 Å². The standard InChI is InChI=1S/C17H14N2/c1-3-7-16-12(5-1)9-14(18-16)11-15-10-13-6-2-4-8-17(13)19-15/h1-8H,9-11H2. The third-order valence-corrected chi connectivity index (χ3v) is 3.74. The highest BCUT2D eigenvalue weighted by molar-refractivity contribution is 6.10. The summed E-state index contributed by atoms with van der Waals surface area (Å²) < 4.78 is 0. The van der Waals surface area contributed by atoms with Crippen molar-refractivity contribution in [1.82, 2.24) is 0 Å². The van der Waals surface area contributed by atoms with Crippen LogP contribution in [-0.2, 0) is 12.8 Å². The van der Waals surface area contributed by atoms with E-state index in [4.69, 9.17) is 9.98 Å². The fourth-order valence-electron chi connectivity index (χ4n) is 2.84. The molecule has 92 valence electrons. The molecule has 4 rings (SSSR count). The first-order chi connectivity index (χ1) is 9.38. The van der Waals surface area contributed by atoms with Crippen LogP contribution >= 0.6 is 0 Å². The van der Waals surface area contributed by atoms with Crippen LogP contribution in [0.2, 0.25) is 0 Å². The van der Waals surface area contributed by atoms with Crippen molar-refractivity contribution in [3.63, 3.8) is 0 Å². The summed E-state index contributed by atoms with van der Waals surface area (Å²) in [6.45, 7) is 0. The van der Waals surface area contributed by atoms with E-state index in [9.17, 15) is 0 Å². The average Bonchev–Trinajstić information content (AvgIpc) is 3.00. The predicted octanol–water partition coefficient (Wildman–Crippen LogP) is 4.03. The van der Waals surface area contributed by atoms with Gasteiger partial charge in [0.1, 0.15) is 0 Å². The molecule has 0 fully saturated rings. The van der Waals surface area contributed by atoms with Crippen LogP contribution in [0.5, 0.6) is 0 Å². The zero-order chi connectivity index (χ0) is 12.7. The zero-order valence-electron chi connectivity index (χ0n) is 10.6. The molecular weight excluding hydrogens is 232 g/mol. The van der Waals surface area contributed by atoms with E-state index >= 15 is 0 Å². The third kappa shape index (κ3) is 1.89. The minimum atomic E-state index is 0.906. The van der Waals surface area contributed by atoms with Crippen molar-refractivity contribution in [2.24, 2.45) is 9.98 Å². The number of nitrogens with zero attached hydrogens (tertiary/aromatic N) is 2. The summed E-state index contributed by atoms with van der Waals surface area (Å²) in [6.07, 6.45) is 2.86. The van der Waals surface area contributed by atoms with Gasteiger partial charge >= 0.3 is 0 Å². The van der Waals surface area contributed by atoms with Gasteiger partial charge in [-0.1, -0.05) is 36.4 Å². The number of para-hydroxylation sites is 2. The average molecular weight is 246 g/mol. The summed E-state index contributed by atoms with van der Waals surface area (Å²) in [6, 6.07) is 16.8. The number of hydrogen-bond acceptors (Lipinski definition) is 2. The maximum Gasteiger partial charge on any atom is 0.0665 e. The molecule has 0 saturated heterocycles. The van der Waals surface area contributed by atoms with E-state index in [0.717, 1.165) is 30.6 Å². The molecule has 0 amide bonds. The number of hydrogen-bond donors (Lipinski definition) is 0. The number of aliphatic imine (C=N–C) groups is 2. The van der Waals surface area contributed by atoms with Gasteiger partial charge in [0.05, 0.1) is 11.4 Å². The fraction of sp³-hybridized carbons (Fsp3) is 0.176. The van der Waals surface area contributed by atoms with Crippen LogP contribution < -0.4 is 0 Å².